The van der Waals surface area contributed by atoms with Crippen molar-refractivity contribution in [2.75, 3.05) is 6.61 Å². The molecule has 0 heterocycles. The summed E-state index contributed by atoms with van der Waals surface area (Å²) in [4.78, 5) is 0. The highest BCUT2D eigenvalue weighted by Gasteiger charge is 2.34. The molecular formula is C30H36F2O2. The van der Waals surface area contributed by atoms with Crippen LogP contribution in [0.1, 0.15) is 67.9 Å². The second-order valence-corrected chi connectivity index (χ2v) is 8.72. The lowest BCUT2D eigenvalue weighted by molar-refractivity contribution is -0.185. The van der Waals surface area contributed by atoms with Crippen molar-refractivity contribution in [3.8, 4) is 16.9 Å². The van der Waals surface area contributed by atoms with Gasteiger partial charge in [-0.3, -0.25) is 0 Å². The highest BCUT2D eigenvalue weighted by atomic mass is 19.3. The fraction of sp³-hybridized carbons (Fsp3) is 0.400. The molecule has 0 aliphatic heterocycles. The average molecular weight is 467 g/mol. The molecule has 0 aliphatic rings. The molecule has 0 bridgehead atoms. The van der Waals surface area contributed by atoms with Gasteiger partial charge >= 0.3 is 6.11 Å². The van der Waals surface area contributed by atoms with E-state index in [-0.39, 0.29) is 17.9 Å². The normalized spacial score (nSPS) is 11.6. The number of hydrogen-bond acceptors (Lipinski definition) is 2. The van der Waals surface area contributed by atoms with Crippen molar-refractivity contribution >= 4 is 0 Å². The van der Waals surface area contributed by atoms with Gasteiger partial charge in [-0.1, -0.05) is 63.6 Å². The molecule has 3 rings (SSSR count). The SMILES string of the molecule is CCc1ccc(C(F)(F)Oc2ccc(-c3ccc(CCCCCO)cc3CC)c(CC)c2)cc1. The van der Waals surface area contributed by atoms with Gasteiger partial charge in [-0.15, -0.1) is 0 Å². The lowest BCUT2D eigenvalue weighted by atomic mass is 9.91. The molecule has 0 spiro atoms. The first-order chi connectivity index (χ1) is 16.4. The summed E-state index contributed by atoms with van der Waals surface area (Å²) < 4.78 is 34.8. The van der Waals surface area contributed by atoms with Crippen LogP contribution in [0.2, 0.25) is 0 Å². The Labute approximate surface area is 202 Å². The Morgan fingerprint density at radius 1 is 0.706 bits per heavy atom. The van der Waals surface area contributed by atoms with Crippen LogP contribution in [-0.2, 0) is 31.8 Å². The molecular weight excluding hydrogens is 430 g/mol. The van der Waals surface area contributed by atoms with Crippen molar-refractivity contribution in [2.45, 2.75) is 71.8 Å². The van der Waals surface area contributed by atoms with Crippen molar-refractivity contribution in [1.29, 1.82) is 0 Å². The van der Waals surface area contributed by atoms with Gasteiger partial charge in [0.15, 0.2) is 0 Å². The Bertz CT molecular complexity index is 1060. The molecule has 0 saturated carbocycles. The fourth-order valence-corrected chi connectivity index (χ4v) is 4.31. The highest BCUT2D eigenvalue weighted by Crippen LogP contribution is 2.36. The van der Waals surface area contributed by atoms with Crippen LogP contribution in [0.25, 0.3) is 11.1 Å². The second-order valence-electron chi connectivity index (χ2n) is 8.72. The van der Waals surface area contributed by atoms with Gasteiger partial charge in [0.2, 0.25) is 0 Å². The first-order valence-electron chi connectivity index (χ1n) is 12.4. The summed E-state index contributed by atoms with van der Waals surface area (Å²) in [7, 11) is 0. The molecule has 0 aliphatic carbocycles. The monoisotopic (exact) mass is 466 g/mol. The fourth-order valence-electron chi connectivity index (χ4n) is 4.31. The molecule has 0 amide bonds. The van der Waals surface area contributed by atoms with Crippen molar-refractivity contribution in [3.05, 3.63) is 88.5 Å². The molecule has 3 aromatic rings. The lowest BCUT2D eigenvalue weighted by Crippen LogP contribution is -2.22. The molecule has 0 unspecified atom stereocenters. The summed E-state index contributed by atoms with van der Waals surface area (Å²) in [5.41, 5.74) is 6.62. The number of hydrogen-bond donors (Lipinski definition) is 1. The third kappa shape index (κ3) is 6.44. The zero-order valence-electron chi connectivity index (χ0n) is 20.5. The van der Waals surface area contributed by atoms with E-state index in [9.17, 15) is 8.78 Å². The van der Waals surface area contributed by atoms with Crippen LogP contribution >= 0.6 is 0 Å². The largest absolute Gasteiger partial charge is 0.429 e. The van der Waals surface area contributed by atoms with E-state index in [0.717, 1.165) is 67.2 Å². The van der Waals surface area contributed by atoms with E-state index < -0.39 is 6.11 Å². The number of aliphatic hydroxyl groups is 1. The first-order valence-corrected chi connectivity index (χ1v) is 12.4. The Morgan fingerprint density at radius 2 is 1.32 bits per heavy atom. The third-order valence-electron chi connectivity index (χ3n) is 6.37. The maximum absolute atomic E-state index is 14.8. The van der Waals surface area contributed by atoms with Crippen LogP contribution in [0.3, 0.4) is 0 Å². The third-order valence-corrected chi connectivity index (χ3v) is 6.37. The summed E-state index contributed by atoms with van der Waals surface area (Å²) in [5, 5.41) is 8.97. The van der Waals surface area contributed by atoms with E-state index in [1.54, 1.807) is 24.3 Å². The molecule has 182 valence electrons. The number of unbranched alkanes of at least 4 members (excludes halogenated alkanes) is 2. The number of rotatable bonds is 12. The summed E-state index contributed by atoms with van der Waals surface area (Å²) in [5.74, 6) is 0.170. The van der Waals surface area contributed by atoms with Gasteiger partial charge in [0.1, 0.15) is 5.75 Å². The van der Waals surface area contributed by atoms with Gasteiger partial charge in [-0.25, -0.2) is 0 Å². The van der Waals surface area contributed by atoms with Crippen LogP contribution in [0.15, 0.2) is 60.7 Å². The number of alkyl halides is 2. The molecule has 4 heteroatoms. The van der Waals surface area contributed by atoms with E-state index in [1.165, 1.54) is 23.3 Å². The van der Waals surface area contributed by atoms with Gasteiger partial charge < -0.3 is 9.84 Å². The summed E-state index contributed by atoms with van der Waals surface area (Å²) in [6.07, 6.45) is 2.94. The van der Waals surface area contributed by atoms with Gasteiger partial charge in [0, 0.05) is 6.61 Å². The van der Waals surface area contributed by atoms with E-state index in [4.69, 9.17) is 9.84 Å². The smallest absolute Gasteiger partial charge is 0.426 e. The molecule has 3 aromatic carbocycles. The molecule has 34 heavy (non-hydrogen) atoms. The van der Waals surface area contributed by atoms with Crippen LogP contribution in [0, 0.1) is 0 Å². The first kappa shape index (κ1) is 25.9. The van der Waals surface area contributed by atoms with Gasteiger partial charge in [0.05, 0.1) is 5.56 Å². The number of ether oxygens (including phenoxy) is 1. The van der Waals surface area contributed by atoms with E-state index in [2.05, 4.69) is 25.1 Å². The van der Waals surface area contributed by atoms with Crippen LogP contribution in [0.5, 0.6) is 5.75 Å². The summed E-state index contributed by atoms with van der Waals surface area (Å²) >= 11 is 0. The van der Waals surface area contributed by atoms with Crippen molar-refractivity contribution < 1.29 is 18.6 Å². The zero-order chi connectivity index (χ0) is 24.6. The molecule has 2 nitrogen and oxygen atoms in total. The molecule has 0 atom stereocenters. The topological polar surface area (TPSA) is 29.5 Å². The van der Waals surface area contributed by atoms with Crippen molar-refractivity contribution in [3.63, 3.8) is 0 Å². The summed E-state index contributed by atoms with van der Waals surface area (Å²) in [6.45, 7) is 6.41. The molecule has 1 N–H and O–H groups in total. The highest BCUT2D eigenvalue weighted by molar-refractivity contribution is 5.72. The van der Waals surface area contributed by atoms with Crippen LogP contribution in [0.4, 0.5) is 8.78 Å². The van der Waals surface area contributed by atoms with E-state index >= 15 is 0 Å². The lowest BCUT2D eigenvalue weighted by Gasteiger charge is -2.20. The minimum atomic E-state index is -3.40. The quantitative estimate of drug-likeness (QED) is 0.275. The molecule has 0 radical (unpaired) electrons. The van der Waals surface area contributed by atoms with E-state index in [1.807, 2.05) is 19.9 Å². The maximum Gasteiger partial charge on any atom is 0.426 e. The average Bonchev–Trinajstić information content (AvgIpc) is 2.86. The van der Waals surface area contributed by atoms with E-state index in [0.29, 0.717) is 0 Å². The predicted octanol–water partition coefficient (Wildman–Crippen LogP) is 7.87. The van der Waals surface area contributed by atoms with Gasteiger partial charge in [-0.05, 0) is 96.2 Å². The van der Waals surface area contributed by atoms with Crippen LogP contribution < -0.4 is 4.74 Å². The minimum Gasteiger partial charge on any atom is -0.429 e. The number of aliphatic hydroxyl groups excluding tert-OH is 1. The number of halogens is 2. The van der Waals surface area contributed by atoms with Crippen molar-refractivity contribution in [2.24, 2.45) is 0 Å². The molecule has 0 aromatic heterocycles. The van der Waals surface area contributed by atoms with Gasteiger partial charge in [-0.2, -0.15) is 8.78 Å². The zero-order valence-corrected chi connectivity index (χ0v) is 20.5. The minimum absolute atomic E-state index is 0.144. The Morgan fingerprint density at radius 3 is 1.94 bits per heavy atom. The van der Waals surface area contributed by atoms with Gasteiger partial charge in [0.25, 0.3) is 0 Å². The Kier molecular flexibility index (Phi) is 9.23. The maximum atomic E-state index is 14.8. The van der Waals surface area contributed by atoms with Crippen molar-refractivity contribution in [1.82, 2.24) is 0 Å². The molecule has 0 fully saturated rings. The Balaban J connectivity index is 1.83. The number of aryl methyl sites for hydroxylation is 4. The molecule has 0 saturated heterocycles. The Hall–Kier alpha value is -2.72. The van der Waals surface area contributed by atoms with Crippen LogP contribution in [-0.4, -0.2) is 11.7 Å². The number of benzene rings is 3. The summed E-state index contributed by atoms with van der Waals surface area (Å²) in [6, 6.07) is 18.2. The standard InChI is InChI=1S/C30H36F2O2/c1-4-22-11-14-26(15-12-22)30(31,32)34-27-16-18-29(25(6-3)21-27)28-17-13-23(20-24(28)5-2)10-8-7-9-19-33/h11-18,20-21,33H,4-10,19H2,1-3H3. The second kappa shape index (κ2) is 12.1. The predicted molar refractivity (Wildman–Crippen MR) is 136 cm³/mol.